The minimum absolute atomic E-state index is 0.0301. The van der Waals surface area contributed by atoms with Crippen LogP contribution in [0.5, 0.6) is 5.75 Å². The molecule has 21 heavy (non-hydrogen) atoms. The van der Waals surface area contributed by atoms with Crippen molar-refractivity contribution in [3.8, 4) is 5.75 Å². The first-order valence-corrected chi connectivity index (χ1v) is 7.05. The maximum Gasteiger partial charge on any atom is 0.266 e. The first-order chi connectivity index (χ1) is 10.2. The Morgan fingerprint density at radius 3 is 2.86 bits per heavy atom. The molecule has 0 amide bonds. The third-order valence-electron chi connectivity index (χ3n) is 3.35. The van der Waals surface area contributed by atoms with Gasteiger partial charge in [0.25, 0.3) is 5.56 Å². The molecule has 1 atom stereocenters. The van der Waals surface area contributed by atoms with Gasteiger partial charge in [0.05, 0.1) is 19.7 Å². The molecule has 1 unspecified atom stereocenters. The number of nitrogens with zero attached hydrogens (tertiary/aromatic N) is 2. The number of methoxy groups -OCH3 is 1. The fourth-order valence-electron chi connectivity index (χ4n) is 2.34. The molecule has 0 aliphatic heterocycles. The molecule has 1 N–H and O–H groups in total. The number of aromatic nitrogens is 2. The molecule has 0 bridgehead atoms. The summed E-state index contributed by atoms with van der Waals surface area (Å²) in [7, 11) is 1.66. The maximum absolute atomic E-state index is 11.9. The van der Waals surface area contributed by atoms with Crippen molar-refractivity contribution in [2.75, 3.05) is 13.7 Å². The van der Waals surface area contributed by atoms with E-state index >= 15 is 0 Å². The Morgan fingerprint density at radius 1 is 1.38 bits per heavy atom. The van der Waals surface area contributed by atoms with Gasteiger partial charge in [-0.2, -0.15) is 5.10 Å². The Bertz CT molecular complexity index is 652. The number of ether oxygens (including phenoxy) is 1. The van der Waals surface area contributed by atoms with Gasteiger partial charge in [-0.15, -0.1) is 0 Å². The Hall–Kier alpha value is -2.14. The standard InChI is InChI=1S/C16H21N3O2/c1-4-17-14(11-19-16(20)6-5-9-18-19)13-10-12(2)7-8-15(13)21-3/h5-10,14,17H,4,11H2,1-3H3. The zero-order valence-electron chi connectivity index (χ0n) is 12.7. The lowest BCUT2D eigenvalue weighted by molar-refractivity contribution is 0.382. The van der Waals surface area contributed by atoms with E-state index in [1.54, 1.807) is 19.4 Å². The number of hydrogen-bond acceptors (Lipinski definition) is 4. The van der Waals surface area contributed by atoms with Crippen molar-refractivity contribution < 1.29 is 4.74 Å². The normalized spacial score (nSPS) is 12.1. The number of rotatable bonds is 6. The van der Waals surface area contributed by atoms with Crippen molar-refractivity contribution in [3.05, 3.63) is 58.0 Å². The fraction of sp³-hybridized carbons (Fsp3) is 0.375. The quantitative estimate of drug-likeness (QED) is 0.882. The van der Waals surface area contributed by atoms with E-state index in [0.29, 0.717) is 6.54 Å². The summed E-state index contributed by atoms with van der Waals surface area (Å²) in [6.07, 6.45) is 1.62. The molecule has 0 radical (unpaired) electrons. The topological polar surface area (TPSA) is 56.2 Å². The average molecular weight is 287 g/mol. The third-order valence-corrected chi connectivity index (χ3v) is 3.35. The number of aryl methyl sites for hydroxylation is 1. The molecule has 112 valence electrons. The van der Waals surface area contributed by atoms with Gasteiger partial charge in [-0.25, -0.2) is 4.68 Å². The van der Waals surface area contributed by atoms with Crippen molar-refractivity contribution in [2.24, 2.45) is 0 Å². The Morgan fingerprint density at radius 2 is 2.19 bits per heavy atom. The van der Waals surface area contributed by atoms with Gasteiger partial charge in [-0.1, -0.05) is 24.6 Å². The zero-order valence-corrected chi connectivity index (χ0v) is 12.7. The van der Waals surface area contributed by atoms with Crippen LogP contribution in [-0.2, 0) is 6.54 Å². The first-order valence-electron chi connectivity index (χ1n) is 7.05. The van der Waals surface area contributed by atoms with Crippen molar-refractivity contribution in [2.45, 2.75) is 26.4 Å². The Balaban J connectivity index is 2.37. The zero-order chi connectivity index (χ0) is 15.2. The summed E-state index contributed by atoms with van der Waals surface area (Å²) in [5.74, 6) is 0.815. The summed E-state index contributed by atoms with van der Waals surface area (Å²) < 4.78 is 6.92. The van der Waals surface area contributed by atoms with Gasteiger partial charge in [0, 0.05) is 17.8 Å². The molecule has 5 heteroatoms. The van der Waals surface area contributed by atoms with E-state index in [9.17, 15) is 4.79 Å². The van der Waals surface area contributed by atoms with Crippen LogP contribution < -0.4 is 15.6 Å². The monoisotopic (exact) mass is 287 g/mol. The van der Waals surface area contributed by atoms with E-state index in [1.165, 1.54) is 10.7 Å². The smallest absolute Gasteiger partial charge is 0.266 e. The molecule has 0 aliphatic rings. The number of nitrogens with one attached hydrogen (secondary N) is 1. The van der Waals surface area contributed by atoms with Gasteiger partial charge in [0.2, 0.25) is 0 Å². The molecule has 0 saturated heterocycles. The molecule has 1 aromatic carbocycles. The molecule has 0 saturated carbocycles. The molecule has 0 aliphatic carbocycles. The van der Waals surface area contributed by atoms with E-state index < -0.39 is 0 Å². The third kappa shape index (κ3) is 3.70. The van der Waals surface area contributed by atoms with Crippen LogP contribution in [0, 0.1) is 6.92 Å². The van der Waals surface area contributed by atoms with Gasteiger partial charge in [0.1, 0.15) is 5.75 Å². The molecule has 1 heterocycles. The highest BCUT2D eigenvalue weighted by Gasteiger charge is 2.17. The van der Waals surface area contributed by atoms with Gasteiger partial charge in [-0.3, -0.25) is 4.79 Å². The average Bonchev–Trinajstić information content (AvgIpc) is 2.49. The van der Waals surface area contributed by atoms with E-state index in [4.69, 9.17) is 4.74 Å². The molecular formula is C16H21N3O2. The second kappa shape index (κ2) is 7.04. The van der Waals surface area contributed by atoms with Gasteiger partial charge in [-0.05, 0) is 25.6 Å². The highest BCUT2D eigenvalue weighted by atomic mass is 16.5. The lowest BCUT2D eigenvalue weighted by Gasteiger charge is -2.21. The second-order valence-electron chi connectivity index (χ2n) is 4.90. The van der Waals surface area contributed by atoms with Crippen LogP contribution in [0.15, 0.2) is 41.3 Å². The van der Waals surface area contributed by atoms with Crippen LogP contribution in [-0.4, -0.2) is 23.4 Å². The summed E-state index contributed by atoms with van der Waals surface area (Å²) >= 11 is 0. The maximum atomic E-state index is 11.9. The van der Waals surface area contributed by atoms with Crippen molar-refractivity contribution >= 4 is 0 Å². The highest BCUT2D eigenvalue weighted by molar-refractivity contribution is 5.39. The van der Waals surface area contributed by atoms with Crippen molar-refractivity contribution in [3.63, 3.8) is 0 Å². The van der Waals surface area contributed by atoms with Crippen LogP contribution in [0.25, 0.3) is 0 Å². The molecule has 5 nitrogen and oxygen atoms in total. The lowest BCUT2D eigenvalue weighted by atomic mass is 10.0. The molecular weight excluding hydrogens is 266 g/mol. The molecule has 0 fully saturated rings. The molecule has 2 rings (SSSR count). The SMILES string of the molecule is CCNC(Cn1ncccc1=O)c1cc(C)ccc1OC. The van der Waals surface area contributed by atoms with Crippen molar-refractivity contribution in [1.82, 2.24) is 15.1 Å². The first kappa shape index (κ1) is 15.3. The minimum atomic E-state index is -0.105. The predicted octanol–water partition coefficient (Wildman–Crippen LogP) is 1.91. The summed E-state index contributed by atoms with van der Waals surface area (Å²) in [5.41, 5.74) is 2.09. The fourth-order valence-corrected chi connectivity index (χ4v) is 2.34. The summed E-state index contributed by atoms with van der Waals surface area (Å²) in [4.78, 5) is 11.9. The van der Waals surface area contributed by atoms with Crippen LogP contribution in [0.2, 0.25) is 0 Å². The highest BCUT2D eigenvalue weighted by Crippen LogP contribution is 2.27. The lowest BCUT2D eigenvalue weighted by Crippen LogP contribution is -2.31. The van der Waals surface area contributed by atoms with Gasteiger partial charge in [0.15, 0.2) is 0 Å². The Kier molecular flexibility index (Phi) is 5.11. The van der Waals surface area contributed by atoms with E-state index in [1.807, 2.05) is 26.0 Å². The van der Waals surface area contributed by atoms with Gasteiger partial charge < -0.3 is 10.1 Å². The summed E-state index contributed by atoms with van der Waals surface area (Å²) in [6.45, 7) is 5.34. The van der Waals surface area contributed by atoms with Crippen LogP contribution >= 0.6 is 0 Å². The number of hydrogen-bond donors (Lipinski definition) is 1. The molecule has 2 aromatic rings. The molecule has 0 spiro atoms. The predicted molar refractivity (Wildman–Crippen MR) is 82.6 cm³/mol. The van der Waals surface area contributed by atoms with Gasteiger partial charge >= 0.3 is 0 Å². The minimum Gasteiger partial charge on any atom is -0.496 e. The largest absolute Gasteiger partial charge is 0.496 e. The van der Waals surface area contributed by atoms with E-state index in [0.717, 1.165) is 23.4 Å². The summed E-state index contributed by atoms with van der Waals surface area (Å²) in [5, 5.41) is 7.52. The number of likely N-dealkylation sites (N-methyl/N-ethyl adjacent to an activating group) is 1. The Labute approximate surface area is 124 Å². The second-order valence-corrected chi connectivity index (χ2v) is 4.90. The van der Waals surface area contributed by atoms with Crippen LogP contribution in [0.4, 0.5) is 0 Å². The van der Waals surface area contributed by atoms with Crippen molar-refractivity contribution in [1.29, 1.82) is 0 Å². The van der Waals surface area contributed by atoms with Crippen LogP contribution in [0.1, 0.15) is 24.1 Å². The van der Waals surface area contributed by atoms with E-state index in [-0.39, 0.29) is 11.6 Å². The van der Waals surface area contributed by atoms with E-state index in [2.05, 4.69) is 16.5 Å². The summed E-state index contributed by atoms with van der Waals surface area (Å²) in [6, 6.07) is 9.18. The molecule has 1 aromatic heterocycles. The van der Waals surface area contributed by atoms with Crippen LogP contribution in [0.3, 0.4) is 0 Å². The number of benzene rings is 1.